The summed E-state index contributed by atoms with van der Waals surface area (Å²) in [6.45, 7) is 2.85. The molecule has 2 heteroatoms. The van der Waals surface area contributed by atoms with E-state index < -0.39 is 0 Å². The summed E-state index contributed by atoms with van der Waals surface area (Å²) >= 11 is 0. The summed E-state index contributed by atoms with van der Waals surface area (Å²) in [5.74, 6) is 0. The minimum atomic E-state index is -0.190. The monoisotopic (exact) mass is 130 g/mol. The van der Waals surface area contributed by atoms with Crippen molar-refractivity contribution in [3.8, 4) is 0 Å². The highest BCUT2D eigenvalue weighted by Gasteiger charge is 2.24. The fourth-order valence-electron chi connectivity index (χ4n) is 1.20. The highest BCUT2D eigenvalue weighted by molar-refractivity contribution is 4.73. The van der Waals surface area contributed by atoms with E-state index in [1.807, 2.05) is 0 Å². The number of aliphatic hydroxyl groups is 1. The molecule has 2 atom stereocenters. The Morgan fingerprint density at radius 2 is 2.44 bits per heavy atom. The first kappa shape index (κ1) is 7.03. The highest BCUT2D eigenvalue weighted by atomic mass is 16.5. The Labute approximate surface area is 55.8 Å². The molecule has 2 unspecified atom stereocenters. The maximum Gasteiger partial charge on any atom is 0.0834 e. The summed E-state index contributed by atoms with van der Waals surface area (Å²) < 4.78 is 5.26. The van der Waals surface area contributed by atoms with Crippen molar-refractivity contribution >= 4 is 0 Å². The number of ether oxygens (including phenoxy) is 1. The Bertz CT molecular complexity index is 83.0. The first-order valence-corrected chi connectivity index (χ1v) is 3.64. The van der Waals surface area contributed by atoms with E-state index in [4.69, 9.17) is 4.74 Å². The summed E-state index contributed by atoms with van der Waals surface area (Å²) in [5.41, 5.74) is 0. The van der Waals surface area contributed by atoms with Gasteiger partial charge in [0.15, 0.2) is 0 Å². The van der Waals surface area contributed by atoms with Crippen LogP contribution in [0.5, 0.6) is 0 Å². The molecule has 0 radical (unpaired) electrons. The van der Waals surface area contributed by atoms with Crippen LogP contribution in [0.3, 0.4) is 0 Å². The summed E-state index contributed by atoms with van der Waals surface area (Å²) in [6, 6.07) is 0. The summed E-state index contributed by atoms with van der Waals surface area (Å²) in [5, 5.41) is 9.20. The van der Waals surface area contributed by atoms with Crippen LogP contribution in [0.1, 0.15) is 26.2 Å². The van der Waals surface area contributed by atoms with Crippen molar-refractivity contribution in [1.29, 1.82) is 0 Å². The second-order valence-corrected chi connectivity index (χ2v) is 2.55. The fraction of sp³-hybridized carbons (Fsp3) is 1.00. The third-order valence-electron chi connectivity index (χ3n) is 1.75. The Kier molecular flexibility index (Phi) is 2.49. The van der Waals surface area contributed by atoms with E-state index in [1.165, 1.54) is 0 Å². The van der Waals surface area contributed by atoms with Gasteiger partial charge >= 0.3 is 0 Å². The lowest BCUT2D eigenvalue weighted by atomic mass is 10.1. The lowest BCUT2D eigenvalue weighted by Gasteiger charge is -2.10. The van der Waals surface area contributed by atoms with Gasteiger partial charge in [0.1, 0.15) is 0 Å². The topological polar surface area (TPSA) is 29.5 Å². The molecule has 9 heavy (non-hydrogen) atoms. The molecule has 1 aliphatic heterocycles. The summed E-state index contributed by atoms with van der Waals surface area (Å²) in [7, 11) is 0. The van der Waals surface area contributed by atoms with Crippen molar-refractivity contribution in [2.45, 2.75) is 38.4 Å². The predicted octanol–water partition coefficient (Wildman–Crippen LogP) is 0.936. The Morgan fingerprint density at radius 1 is 1.67 bits per heavy atom. The van der Waals surface area contributed by atoms with Crippen LogP contribution in [0.4, 0.5) is 0 Å². The van der Waals surface area contributed by atoms with Crippen LogP contribution < -0.4 is 0 Å². The van der Waals surface area contributed by atoms with Crippen molar-refractivity contribution in [2.24, 2.45) is 0 Å². The van der Waals surface area contributed by atoms with Gasteiger partial charge in [0.2, 0.25) is 0 Å². The van der Waals surface area contributed by atoms with E-state index in [0.717, 1.165) is 25.9 Å². The van der Waals surface area contributed by atoms with Crippen LogP contribution in [0.2, 0.25) is 0 Å². The minimum Gasteiger partial charge on any atom is -0.390 e. The molecular formula is C7H14O2. The van der Waals surface area contributed by atoms with Gasteiger partial charge in [-0.1, -0.05) is 13.3 Å². The second kappa shape index (κ2) is 3.18. The fourth-order valence-corrected chi connectivity index (χ4v) is 1.20. The quantitative estimate of drug-likeness (QED) is 0.602. The van der Waals surface area contributed by atoms with Gasteiger partial charge in [0, 0.05) is 6.61 Å². The molecule has 0 bridgehead atoms. The van der Waals surface area contributed by atoms with Gasteiger partial charge in [0.05, 0.1) is 12.2 Å². The lowest BCUT2D eigenvalue weighted by molar-refractivity contribution is 0.0365. The van der Waals surface area contributed by atoms with Crippen LogP contribution in [-0.2, 0) is 4.74 Å². The Morgan fingerprint density at radius 3 is 2.89 bits per heavy atom. The standard InChI is InChI=1S/C7H14O2/c1-2-3-7-6(8)4-5-9-7/h6-8H,2-5H2,1H3. The molecule has 2 nitrogen and oxygen atoms in total. The van der Waals surface area contributed by atoms with E-state index in [9.17, 15) is 5.11 Å². The molecule has 1 saturated heterocycles. The van der Waals surface area contributed by atoms with E-state index in [0.29, 0.717) is 0 Å². The molecule has 1 aliphatic rings. The number of rotatable bonds is 2. The van der Waals surface area contributed by atoms with Crippen LogP contribution in [-0.4, -0.2) is 23.9 Å². The zero-order chi connectivity index (χ0) is 6.69. The molecule has 0 spiro atoms. The normalized spacial score (nSPS) is 35.3. The van der Waals surface area contributed by atoms with Crippen molar-refractivity contribution < 1.29 is 9.84 Å². The molecule has 0 aromatic rings. The molecule has 0 aromatic carbocycles. The molecule has 1 rings (SSSR count). The van der Waals surface area contributed by atoms with Gasteiger partial charge < -0.3 is 9.84 Å². The average molecular weight is 130 g/mol. The predicted molar refractivity (Wildman–Crippen MR) is 35.3 cm³/mol. The number of hydrogen-bond donors (Lipinski definition) is 1. The molecular weight excluding hydrogens is 116 g/mol. The first-order valence-electron chi connectivity index (χ1n) is 3.64. The maximum atomic E-state index is 9.20. The van der Waals surface area contributed by atoms with Crippen molar-refractivity contribution in [1.82, 2.24) is 0 Å². The summed E-state index contributed by atoms with van der Waals surface area (Å²) in [4.78, 5) is 0. The van der Waals surface area contributed by atoms with Gasteiger partial charge in [-0.2, -0.15) is 0 Å². The van der Waals surface area contributed by atoms with Crippen LogP contribution in [0.25, 0.3) is 0 Å². The SMILES string of the molecule is CCCC1OCCC1O. The maximum absolute atomic E-state index is 9.20. The van der Waals surface area contributed by atoms with E-state index >= 15 is 0 Å². The largest absolute Gasteiger partial charge is 0.390 e. The first-order chi connectivity index (χ1) is 4.34. The Balaban J connectivity index is 2.22. The molecule has 1 fully saturated rings. The van der Waals surface area contributed by atoms with E-state index in [-0.39, 0.29) is 12.2 Å². The second-order valence-electron chi connectivity index (χ2n) is 2.55. The van der Waals surface area contributed by atoms with Gasteiger partial charge in [-0.15, -0.1) is 0 Å². The third-order valence-corrected chi connectivity index (χ3v) is 1.75. The zero-order valence-corrected chi connectivity index (χ0v) is 5.84. The molecule has 0 saturated carbocycles. The lowest BCUT2D eigenvalue weighted by Crippen LogP contribution is -2.19. The highest BCUT2D eigenvalue weighted by Crippen LogP contribution is 2.17. The van der Waals surface area contributed by atoms with Gasteiger partial charge in [-0.25, -0.2) is 0 Å². The third kappa shape index (κ3) is 1.66. The van der Waals surface area contributed by atoms with Gasteiger partial charge in [0.25, 0.3) is 0 Å². The smallest absolute Gasteiger partial charge is 0.0834 e. The van der Waals surface area contributed by atoms with Crippen LogP contribution in [0, 0.1) is 0 Å². The average Bonchev–Trinajstić information content (AvgIpc) is 2.18. The van der Waals surface area contributed by atoms with Gasteiger partial charge in [-0.3, -0.25) is 0 Å². The van der Waals surface area contributed by atoms with Crippen LogP contribution >= 0.6 is 0 Å². The minimum absolute atomic E-state index is 0.134. The van der Waals surface area contributed by atoms with Crippen molar-refractivity contribution in [2.75, 3.05) is 6.61 Å². The van der Waals surface area contributed by atoms with E-state index in [2.05, 4.69) is 6.92 Å². The molecule has 54 valence electrons. The molecule has 1 heterocycles. The van der Waals surface area contributed by atoms with Crippen molar-refractivity contribution in [3.63, 3.8) is 0 Å². The summed E-state index contributed by atoms with van der Waals surface area (Å²) in [6.07, 6.45) is 2.87. The number of hydrogen-bond acceptors (Lipinski definition) is 2. The van der Waals surface area contributed by atoms with Crippen molar-refractivity contribution in [3.05, 3.63) is 0 Å². The van der Waals surface area contributed by atoms with E-state index in [1.54, 1.807) is 0 Å². The molecule has 0 amide bonds. The Hall–Kier alpha value is -0.0800. The molecule has 0 aliphatic carbocycles. The molecule has 0 aromatic heterocycles. The van der Waals surface area contributed by atoms with Gasteiger partial charge in [-0.05, 0) is 12.8 Å². The number of aliphatic hydroxyl groups excluding tert-OH is 1. The molecule has 1 N–H and O–H groups in total. The zero-order valence-electron chi connectivity index (χ0n) is 5.84. The van der Waals surface area contributed by atoms with Crippen LogP contribution in [0.15, 0.2) is 0 Å².